The molecular formula is C24H26ClNO6. The van der Waals surface area contributed by atoms with Gasteiger partial charge in [-0.3, -0.25) is 9.59 Å². The molecule has 0 spiro atoms. The van der Waals surface area contributed by atoms with E-state index in [1.165, 1.54) is 18.1 Å². The zero-order valence-corrected chi connectivity index (χ0v) is 19.0. The minimum atomic E-state index is -0.772. The van der Waals surface area contributed by atoms with Crippen molar-refractivity contribution in [1.82, 2.24) is 4.90 Å². The molecule has 0 bridgehead atoms. The van der Waals surface area contributed by atoms with Gasteiger partial charge in [-0.1, -0.05) is 23.7 Å². The number of ketones is 1. The number of halogens is 1. The van der Waals surface area contributed by atoms with E-state index < -0.39 is 17.7 Å². The number of aliphatic hydroxyl groups is 1. The lowest BCUT2D eigenvalue weighted by molar-refractivity contribution is -0.140. The number of carbonyl (C=O) groups excluding carboxylic acids is 2. The molecule has 32 heavy (non-hydrogen) atoms. The number of benzene rings is 2. The summed E-state index contributed by atoms with van der Waals surface area (Å²) in [6.45, 7) is 3.13. The van der Waals surface area contributed by atoms with Crippen molar-refractivity contribution in [2.45, 2.75) is 19.4 Å². The summed E-state index contributed by atoms with van der Waals surface area (Å²) in [7, 11) is 3.02. The summed E-state index contributed by atoms with van der Waals surface area (Å²) in [5.74, 6) is -0.772. The summed E-state index contributed by atoms with van der Waals surface area (Å²) in [4.78, 5) is 27.4. The van der Waals surface area contributed by atoms with Gasteiger partial charge in [-0.25, -0.2) is 0 Å². The molecule has 1 saturated heterocycles. The monoisotopic (exact) mass is 459 g/mol. The Morgan fingerprint density at radius 1 is 1.12 bits per heavy atom. The number of likely N-dealkylation sites (tertiary alicyclic amines) is 1. The maximum atomic E-state index is 13.1. The quantitative estimate of drug-likeness (QED) is 0.262. The molecule has 1 aliphatic rings. The number of hydrogen-bond acceptors (Lipinski definition) is 6. The van der Waals surface area contributed by atoms with Crippen LogP contribution in [0.5, 0.6) is 11.5 Å². The standard InChI is InChI=1S/C24H26ClNO6/c1-4-32-17-9-6-15(7-10-17)21-20(23(28)24(29)26(21)12-5-13-30-2)22(27)18-14-16(25)8-11-19(18)31-3/h6-11,14,21,27H,4-5,12-13H2,1-3H3/b22-20+. The normalized spacial score (nSPS) is 17.6. The number of ether oxygens (including phenoxy) is 3. The molecule has 0 aliphatic carbocycles. The third kappa shape index (κ3) is 4.74. The first kappa shape index (κ1) is 23.6. The van der Waals surface area contributed by atoms with Crippen molar-refractivity contribution in [2.75, 3.05) is 34.0 Å². The molecule has 0 aromatic heterocycles. The third-order valence-electron chi connectivity index (χ3n) is 5.21. The molecule has 1 fully saturated rings. The Bertz CT molecular complexity index is 1020. The molecule has 0 saturated carbocycles. The molecule has 2 aromatic carbocycles. The average Bonchev–Trinajstić information content (AvgIpc) is 3.04. The maximum Gasteiger partial charge on any atom is 0.295 e. The SMILES string of the molecule is CCOc1ccc(C2/C(=C(\O)c3cc(Cl)ccc3OC)C(=O)C(=O)N2CCCOC)cc1. The van der Waals surface area contributed by atoms with Crippen LogP contribution in [0.1, 0.15) is 30.5 Å². The van der Waals surface area contributed by atoms with Gasteiger partial charge in [-0.15, -0.1) is 0 Å². The average molecular weight is 460 g/mol. The van der Waals surface area contributed by atoms with E-state index in [0.29, 0.717) is 48.3 Å². The number of amides is 1. The Morgan fingerprint density at radius 2 is 1.84 bits per heavy atom. The van der Waals surface area contributed by atoms with E-state index in [1.807, 2.05) is 6.92 Å². The van der Waals surface area contributed by atoms with Gasteiger partial charge in [0.1, 0.15) is 17.3 Å². The Morgan fingerprint density at radius 3 is 2.47 bits per heavy atom. The number of nitrogens with zero attached hydrogens (tertiary/aromatic N) is 1. The summed E-state index contributed by atoms with van der Waals surface area (Å²) in [5.41, 5.74) is 0.899. The molecule has 1 unspecified atom stereocenters. The Labute approximate surface area is 192 Å². The van der Waals surface area contributed by atoms with Crippen LogP contribution in [0.25, 0.3) is 5.76 Å². The van der Waals surface area contributed by atoms with Crippen LogP contribution >= 0.6 is 11.6 Å². The zero-order chi connectivity index (χ0) is 23.3. The lowest BCUT2D eigenvalue weighted by atomic mass is 9.95. The molecule has 8 heteroatoms. The predicted octanol–water partition coefficient (Wildman–Crippen LogP) is 4.21. The summed E-state index contributed by atoms with van der Waals surface area (Å²) in [6.07, 6.45) is 0.539. The van der Waals surface area contributed by atoms with Gasteiger partial charge in [0.05, 0.1) is 30.9 Å². The molecular weight excluding hydrogens is 434 g/mol. The van der Waals surface area contributed by atoms with Crippen LogP contribution in [0.3, 0.4) is 0 Å². The van der Waals surface area contributed by atoms with E-state index in [-0.39, 0.29) is 16.9 Å². The molecule has 1 atom stereocenters. The van der Waals surface area contributed by atoms with Gasteiger partial charge in [-0.2, -0.15) is 0 Å². The van der Waals surface area contributed by atoms with Crippen molar-refractivity contribution in [3.8, 4) is 11.5 Å². The van der Waals surface area contributed by atoms with E-state index in [4.69, 9.17) is 25.8 Å². The minimum Gasteiger partial charge on any atom is -0.507 e. The van der Waals surface area contributed by atoms with Gasteiger partial charge in [0.2, 0.25) is 0 Å². The van der Waals surface area contributed by atoms with Gasteiger partial charge in [-0.05, 0) is 49.2 Å². The first-order valence-electron chi connectivity index (χ1n) is 10.3. The predicted molar refractivity (Wildman–Crippen MR) is 121 cm³/mol. The largest absolute Gasteiger partial charge is 0.507 e. The molecule has 0 radical (unpaired) electrons. The second-order valence-electron chi connectivity index (χ2n) is 7.19. The highest BCUT2D eigenvalue weighted by Crippen LogP contribution is 2.41. The molecule has 2 aromatic rings. The van der Waals surface area contributed by atoms with Crippen LogP contribution in [0, 0.1) is 0 Å². The van der Waals surface area contributed by atoms with Crippen LogP contribution in [0.4, 0.5) is 0 Å². The number of Topliss-reactive ketones (excluding diaryl/α,β-unsaturated/α-hetero) is 1. The first-order chi connectivity index (χ1) is 15.4. The molecule has 170 valence electrons. The van der Waals surface area contributed by atoms with Crippen LogP contribution in [-0.4, -0.2) is 55.7 Å². The Hall–Kier alpha value is -3.03. The van der Waals surface area contributed by atoms with Crippen LogP contribution in [0.15, 0.2) is 48.0 Å². The summed E-state index contributed by atoms with van der Waals surface area (Å²) < 4.78 is 15.9. The second-order valence-corrected chi connectivity index (χ2v) is 7.62. The van der Waals surface area contributed by atoms with Gasteiger partial charge in [0.15, 0.2) is 0 Å². The summed E-state index contributed by atoms with van der Waals surface area (Å²) in [6, 6.07) is 11.1. The highest BCUT2D eigenvalue weighted by atomic mass is 35.5. The number of methoxy groups -OCH3 is 2. The maximum absolute atomic E-state index is 13.1. The highest BCUT2D eigenvalue weighted by Gasteiger charge is 2.46. The number of rotatable bonds is 9. The van der Waals surface area contributed by atoms with E-state index in [0.717, 1.165) is 0 Å². The Balaban J connectivity index is 2.15. The fourth-order valence-corrected chi connectivity index (χ4v) is 3.93. The fourth-order valence-electron chi connectivity index (χ4n) is 3.76. The van der Waals surface area contributed by atoms with Crippen molar-refractivity contribution in [2.24, 2.45) is 0 Å². The number of carbonyl (C=O) groups is 2. The lowest BCUT2D eigenvalue weighted by Crippen LogP contribution is -2.31. The van der Waals surface area contributed by atoms with Gasteiger partial charge < -0.3 is 24.2 Å². The Kier molecular flexibility index (Phi) is 7.77. The molecule has 1 aliphatic heterocycles. The zero-order valence-electron chi connectivity index (χ0n) is 18.3. The second kappa shape index (κ2) is 10.5. The van der Waals surface area contributed by atoms with Gasteiger partial charge >= 0.3 is 0 Å². The smallest absolute Gasteiger partial charge is 0.295 e. The van der Waals surface area contributed by atoms with Crippen molar-refractivity contribution < 1.29 is 28.9 Å². The first-order valence-corrected chi connectivity index (χ1v) is 10.6. The summed E-state index contributed by atoms with van der Waals surface area (Å²) >= 11 is 6.12. The van der Waals surface area contributed by atoms with Crippen LogP contribution in [0.2, 0.25) is 5.02 Å². The van der Waals surface area contributed by atoms with E-state index >= 15 is 0 Å². The van der Waals surface area contributed by atoms with Crippen molar-refractivity contribution in [3.05, 3.63) is 64.2 Å². The van der Waals surface area contributed by atoms with Crippen molar-refractivity contribution in [3.63, 3.8) is 0 Å². The fraction of sp³-hybridized carbons (Fsp3) is 0.333. The third-order valence-corrected chi connectivity index (χ3v) is 5.45. The van der Waals surface area contributed by atoms with Crippen molar-refractivity contribution in [1.29, 1.82) is 0 Å². The molecule has 1 heterocycles. The van der Waals surface area contributed by atoms with Gasteiger partial charge in [0, 0.05) is 25.3 Å². The van der Waals surface area contributed by atoms with Crippen LogP contribution in [-0.2, 0) is 14.3 Å². The van der Waals surface area contributed by atoms with E-state index in [9.17, 15) is 14.7 Å². The van der Waals surface area contributed by atoms with Crippen LogP contribution < -0.4 is 9.47 Å². The van der Waals surface area contributed by atoms with E-state index in [2.05, 4.69) is 0 Å². The minimum absolute atomic E-state index is 0.0165. The number of aliphatic hydroxyl groups excluding tert-OH is 1. The molecule has 1 N–H and O–H groups in total. The summed E-state index contributed by atoms with van der Waals surface area (Å²) in [5, 5.41) is 11.6. The van der Waals surface area contributed by atoms with E-state index in [1.54, 1.807) is 43.5 Å². The number of hydrogen-bond donors (Lipinski definition) is 1. The lowest BCUT2D eigenvalue weighted by Gasteiger charge is -2.25. The highest BCUT2D eigenvalue weighted by molar-refractivity contribution is 6.46. The van der Waals surface area contributed by atoms with Crippen molar-refractivity contribution >= 4 is 29.1 Å². The molecule has 1 amide bonds. The van der Waals surface area contributed by atoms with Gasteiger partial charge in [0.25, 0.3) is 11.7 Å². The molecule has 7 nitrogen and oxygen atoms in total. The topological polar surface area (TPSA) is 85.3 Å². The molecule has 3 rings (SSSR count).